The van der Waals surface area contributed by atoms with E-state index in [2.05, 4.69) is 20.4 Å². The molecule has 6 nitrogen and oxygen atoms in total. The Hall–Kier alpha value is -2.15. The third-order valence-electron chi connectivity index (χ3n) is 2.76. The van der Waals surface area contributed by atoms with E-state index < -0.39 is 0 Å². The SMILES string of the molecule is Nc1nc(NCCCn2cccn2)c2ccsc2n1. The van der Waals surface area contributed by atoms with Crippen LogP contribution in [0.1, 0.15) is 6.42 Å². The summed E-state index contributed by atoms with van der Waals surface area (Å²) < 4.78 is 1.91. The average molecular weight is 274 g/mol. The lowest BCUT2D eigenvalue weighted by Gasteiger charge is -2.07. The van der Waals surface area contributed by atoms with Crippen molar-refractivity contribution in [3.63, 3.8) is 0 Å². The lowest BCUT2D eigenvalue weighted by molar-refractivity contribution is 0.591. The van der Waals surface area contributed by atoms with E-state index in [9.17, 15) is 0 Å². The van der Waals surface area contributed by atoms with E-state index in [1.807, 2.05) is 28.4 Å². The zero-order valence-electron chi connectivity index (χ0n) is 10.3. The second-order valence-corrected chi connectivity index (χ2v) is 5.01. The predicted octanol–water partition coefficient (Wildman–Crippen LogP) is 1.97. The molecule has 0 fully saturated rings. The Bertz CT molecular complexity index is 660. The van der Waals surface area contributed by atoms with Gasteiger partial charge in [0.1, 0.15) is 10.6 Å². The molecule has 7 heteroatoms. The number of nitrogens with two attached hydrogens (primary N) is 1. The zero-order chi connectivity index (χ0) is 13.1. The Morgan fingerprint density at radius 1 is 1.37 bits per heavy atom. The molecule has 0 unspecified atom stereocenters. The summed E-state index contributed by atoms with van der Waals surface area (Å²) >= 11 is 1.57. The highest BCUT2D eigenvalue weighted by atomic mass is 32.1. The molecule has 0 aliphatic heterocycles. The van der Waals surface area contributed by atoms with Gasteiger partial charge in [-0.3, -0.25) is 4.68 Å². The van der Waals surface area contributed by atoms with Crippen molar-refractivity contribution in [2.24, 2.45) is 0 Å². The number of aryl methyl sites for hydroxylation is 1. The van der Waals surface area contributed by atoms with Gasteiger partial charge in [0.05, 0.1) is 5.39 Å². The molecule has 3 rings (SSSR count). The number of hydrogen-bond donors (Lipinski definition) is 2. The number of nitrogen functional groups attached to an aromatic ring is 1. The van der Waals surface area contributed by atoms with Crippen molar-refractivity contribution in [1.29, 1.82) is 0 Å². The van der Waals surface area contributed by atoms with E-state index in [0.717, 1.165) is 35.5 Å². The summed E-state index contributed by atoms with van der Waals surface area (Å²) in [5, 5.41) is 10.5. The molecule has 3 N–H and O–H groups in total. The second-order valence-electron chi connectivity index (χ2n) is 4.12. The van der Waals surface area contributed by atoms with Gasteiger partial charge in [0.15, 0.2) is 0 Å². The van der Waals surface area contributed by atoms with E-state index in [4.69, 9.17) is 5.73 Å². The molecule has 3 aromatic rings. The highest BCUT2D eigenvalue weighted by molar-refractivity contribution is 7.16. The molecule has 0 aromatic carbocycles. The van der Waals surface area contributed by atoms with Gasteiger partial charge >= 0.3 is 0 Å². The molecule has 19 heavy (non-hydrogen) atoms. The first-order valence-corrected chi connectivity index (χ1v) is 6.93. The molecule has 0 aliphatic rings. The standard InChI is InChI=1S/C12H14N6S/c13-12-16-10(9-3-8-19-11(9)17-12)14-4-1-6-18-7-2-5-15-18/h2-3,5,7-8H,1,4,6H2,(H3,13,14,16,17). The summed E-state index contributed by atoms with van der Waals surface area (Å²) in [5.74, 6) is 1.12. The van der Waals surface area contributed by atoms with Gasteiger partial charge in [-0.15, -0.1) is 11.3 Å². The second kappa shape index (κ2) is 5.23. The molecule has 0 amide bonds. The van der Waals surface area contributed by atoms with Crippen LogP contribution in [0.25, 0.3) is 10.2 Å². The van der Waals surface area contributed by atoms with Crippen LogP contribution >= 0.6 is 11.3 Å². The number of hydrogen-bond acceptors (Lipinski definition) is 6. The molecule has 0 atom stereocenters. The summed E-state index contributed by atoms with van der Waals surface area (Å²) in [4.78, 5) is 9.36. The summed E-state index contributed by atoms with van der Waals surface area (Å²) in [6, 6.07) is 3.93. The van der Waals surface area contributed by atoms with Gasteiger partial charge in [0, 0.05) is 25.5 Å². The third-order valence-corrected chi connectivity index (χ3v) is 3.56. The molecular formula is C12H14N6S. The smallest absolute Gasteiger partial charge is 0.223 e. The Kier molecular flexibility index (Phi) is 3.28. The number of nitrogens with zero attached hydrogens (tertiary/aromatic N) is 4. The minimum absolute atomic E-state index is 0.310. The monoisotopic (exact) mass is 274 g/mol. The molecule has 0 bridgehead atoms. The largest absolute Gasteiger partial charge is 0.369 e. The fourth-order valence-electron chi connectivity index (χ4n) is 1.89. The molecule has 0 radical (unpaired) electrons. The molecule has 98 valence electrons. The third kappa shape index (κ3) is 2.65. The average Bonchev–Trinajstić information content (AvgIpc) is 3.04. The van der Waals surface area contributed by atoms with E-state index in [1.54, 1.807) is 17.5 Å². The van der Waals surface area contributed by atoms with E-state index >= 15 is 0 Å². The quantitative estimate of drug-likeness (QED) is 0.695. The van der Waals surface area contributed by atoms with Crippen LogP contribution in [0.4, 0.5) is 11.8 Å². The zero-order valence-corrected chi connectivity index (χ0v) is 11.1. The Labute approximate surface area is 114 Å². The first-order valence-electron chi connectivity index (χ1n) is 6.05. The summed E-state index contributed by atoms with van der Waals surface area (Å²) in [6.45, 7) is 1.70. The fraction of sp³-hybridized carbons (Fsp3) is 0.250. The summed E-state index contributed by atoms with van der Waals surface area (Å²) in [5.41, 5.74) is 5.70. The van der Waals surface area contributed by atoms with Crippen LogP contribution in [0.3, 0.4) is 0 Å². The number of rotatable bonds is 5. The van der Waals surface area contributed by atoms with Crippen molar-refractivity contribution in [3.8, 4) is 0 Å². The van der Waals surface area contributed by atoms with Gasteiger partial charge in [-0.1, -0.05) is 0 Å². The molecule has 0 saturated heterocycles. The topological polar surface area (TPSA) is 81.6 Å². The van der Waals surface area contributed by atoms with Crippen LogP contribution in [-0.4, -0.2) is 26.3 Å². The number of aromatic nitrogens is 4. The van der Waals surface area contributed by atoms with Crippen LogP contribution in [0.5, 0.6) is 0 Å². The first-order chi connectivity index (χ1) is 9.33. The maximum atomic E-state index is 5.70. The van der Waals surface area contributed by atoms with Crippen molar-refractivity contribution in [1.82, 2.24) is 19.7 Å². The van der Waals surface area contributed by atoms with E-state index in [0.29, 0.717) is 5.95 Å². The van der Waals surface area contributed by atoms with Crippen molar-refractivity contribution in [3.05, 3.63) is 29.9 Å². The van der Waals surface area contributed by atoms with E-state index in [1.165, 1.54) is 0 Å². The van der Waals surface area contributed by atoms with Gasteiger partial charge in [-0.25, -0.2) is 4.98 Å². The maximum absolute atomic E-state index is 5.70. The number of nitrogens with one attached hydrogen (secondary N) is 1. The van der Waals surface area contributed by atoms with E-state index in [-0.39, 0.29) is 0 Å². The Morgan fingerprint density at radius 2 is 2.32 bits per heavy atom. The lowest BCUT2D eigenvalue weighted by atomic mass is 10.3. The minimum atomic E-state index is 0.310. The van der Waals surface area contributed by atoms with Gasteiger partial charge in [-0.05, 0) is 23.9 Å². The first kappa shape index (κ1) is 11.9. The highest BCUT2D eigenvalue weighted by Crippen LogP contribution is 2.25. The van der Waals surface area contributed by atoms with Crippen molar-refractivity contribution < 1.29 is 0 Å². The van der Waals surface area contributed by atoms with Crippen molar-refractivity contribution in [2.75, 3.05) is 17.6 Å². The van der Waals surface area contributed by atoms with Gasteiger partial charge < -0.3 is 11.1 Å². The Morgan fingerprint density at radius 3 is 3.16 bits per heavy atom. The normalized spacial score (nSPS) is 10.9. The molecule has 3 heterocycles. The molecule has 0 spiro atoms. The van der Waals surface area contributed by atoms with Crippen LogP contribution in [0.15, 0.2) is 29.9 Å². The number of anilines is 2. The van der Waals surface area contributed by atoms with Gasteiger partial charge in [0.25, 0.3) is 0 Å². The van der Waals surface area contributed by atoms with Gasteiger partial charge in [-0.2, -0.15) is 10.1 Å². The van der Waals surface area contributed by atoms with Crippen LogP contribution in [0.2, 0.25) is 0 Å². The summed E-state index contributed by atoms with van der Waals surface area (Å²) in [6.07, 6.45) is 4.71. The van der Waals surface area contributed by atoms with Gasteiger partial charge in [0.2, 0.25) is 5.95 Å². The van der Waals surface area contributed by atoms with Crippen LogP contribution in [-0.2, 0) is 6.54 Å². The minimum Gasteiger partial charge on any atom is -0.369 e. The van der Waals surface area contributed by atoms with Crippen LogP contribution in [0, 0.1) is 0 Å². The Balaban J connectivity index is 1.63. The molecule has 0 aliphatic carbocycles. The number of fused-ring (bicyclic) bond motifs is 1. The maximum Gasteiger partial charge on any atom is 0.223 e. The summed E-state index contributed by atoms with van der Waals surface area (Å²) in [7, 11) is 0. The van der Waals surface area contributed by atoms with Crippen LogP contribution < -0.4 is 11.1 Å². The van der Waals surface area contributed by atoms with Crippen molar-refractivity contribution >= 4 is 33.3 Å². The molecule has 0 saturated carbocycles. The molecular weight excluding hydrogens is 260 g/mol. The predicted molar refractivity (Wildman–Crippen MR) is 77.2 cm³/mol. The number of thiophene rings is 1. The lowest BCUT2D eigenvalue weighted by Crippen LogP contribution is -2.09. The van der Waals surface area contributed by atoms with Crippen molar-refractivity contribution in [2.45, 2.75) is 13.0 Å². The molecule has 3 aromatic heterocycles. The highest BCUT2D eigenvalue weighted by Gasteiger charge is 2.06. The fourth-order valence-corrected chi connectivity index (χ4v) is 2.66.